The van der Waals surface area contributed by atoms with Gasteiger partial charge in [-0.25, -0.2) is 0 Å². The number of rotatable bonds is 0. The van der Waals surface area contributed by atoms with E-state index < -0.39 is 0 Å². The molecule has 0 aromatic carbocycles. The first-order chi connectivity index (χ1) is 6.64. The normalized spacial score (nSPS) is 49.5. The molecule has 0 nitrogen and oxygen atoms in total. The van der Waals surface area contributed by atoms with Crippen molar-refractivity contribution in [2.45, 2.75) is 65.7 Å². The molecule has 0 radical (unpaired) electrons. The summed E-state index contributed by atoms with van der Waals surface area (Å²) in [6, 6.07) is 0. The molecule has 0 N–H and O–H groups in total. The van der Waals surface area contributed by atoms with E-state index in [1.165, 1.54) is 44.9 Å². The maximum atomic E-state index is 2.53. The van der Waals surface area contributed by atoms with Crippen molar-refractivity contribution in [3.63, 3.8) is 0 Å². The molecule has 0 saturated heterocycles. The summed E-state index contributed by atoms with van der Waals surface area (Å²) < 4.78 is 0. The predicted octanol–water partition coefficient (Wildman–Crippen LogP) is 4.64. The molecule has 0 heteroatoms. The van der Waals surface area contributed by atoms with Crippen LogP contribution in [0.25, 0.3) is 0 Å². The molecule has 2 unspecified atom stereocenters. The average molecular weight is 194 g/mol. The predicted molar refractivity (Wildman–Crippen MR) is 62.2 cm³/mol. The van der Waals surface area contributed by atoms with Crippen molar-refractivity contribution >= 4 is 0 Å². The van der Waals surface area contributed by atoms with Gasteiger partial charge in [0.15, 0.2) is 0 Å². The van der Waals surface area contributed by atoms with Gasteiger partial charge in [0.25, 0.3) is 0 Å². The van der Waals surface area contributed by atoms with E-state index >= 15 is 0 Å². The highest BCUT2D eigenvalue weighted by Gasteiger charge is 2.42. The van der Waals surface area contributed by atoms with Crippen molar-refractivity contribution in [1.82, 2.24) is 0 Å². The molecule has 0 aromatic heterocycles. The van der Waals surface area contributed by atoms with E-state index in [4.69, 9.17) is 0 Å². The Labute approximate surface area is 89.5 Å². The Kier molecular flexibility index (Phi) is 2.91. The molecular formula is C14H26. The Balaban J connectivity index is 2.06. The Morgan fingerprint density at radius 3 is 2.14 bits per heavy atom. The fraction of sp³-hybridized carbons (Fsp3) is 1.00. The van der Waals surface area contributed by atoms with Gasteiger partial charge in [0, 0.05) is 0 Å². The first-order valence-corrected chi connectivity index (χ1v) is 6.64. The summed E-state index contributed by atoms with van der Waals surface area (Å²) in [7, 11) is 0. The topological polar surface area (TPSA) is 0 Å². The Morgan fingerprint density at radius 1 is 0.857 bits per heavy atom. The van der Waals surface area contributed by atoms with E-state index in [0.29, 0.717) is 0 Å². The minimum atomic E-state index is 0.768. The molecule has 0 aromatic rings. The van der Waals surface area contributed by atoms with Crippen molar-refractivity contribution in [3.8, 4) is 0 Å². The van der Waals surface area contributed by atoms with Gasteiger partial charge < -0.3 is 0 Å². The fourth-order valence-electron chi connectivity index (χ4n) is 3.90. The summed E-state index contributed by atoms with van der Waals surface area (Å²) in [4.78, 5) is 0. The Bertz CT molecular complexity index is 186. The SMILES string of the molecule is CC1CCC2(CCCC(C)C2C)CC1. The van der Waals surface area contributed by atoms with E-state index in [9.17, 15) is 0 Å². The van der Waals surface area contributed by atoms with Crippen LogP contribution >= 0.6 is 0 Å². The van der Waals surface area contributed by atoms with Crippen molar-refractivity contribution < 1.29 is 0 Å². The fourth-order valence-corrected chi connectivity index (χ4v) is 3.90. The van der Waals surface area contributed by atoms with Crippen LogP contribution in [0.15, 0.2) is 0 Å². The van der Waals surface area contributed by atoms with Gasteiger partial charge in [-0.3, -0.25) is 0 Å². The Hall–Kier alpha value is 0. The van der Waals surface area contributed by atoms with Crippen LogP contribution in [-0.2, 0) is 0 Å². The highest BCUT2D eigenvalue weighted by molar-refractivity contribution is 4.93. The smallest absolute Gasteiger partial charge is 0.0269 e. The van der Waals surface area contributed by atoms with Crippen LogP contribution in [0.4, 0.5) is 0 Å². The summed E-state index contributed by atoms with van der Waals surface area (Å²) in [5, 5.41) is 0. The second-order valence-electron chi connectivity index (χ2n) is 6.20. The summed E-state index contributed by atoms with van der Waals surface area (Å²) in [6.45, 7) is 7.44. The van der Waals surface area contributed by atoms with Crippen LogP contribution in [0.5, 0.6) is 0 Å². The van der Waals surface area contributed by atoms with Crippen LogP contribution in [-0.4, -0.2) is 0 Å². The molecule has 2 fully saturated rings. The van der Waals surface area contributed by atoms with E-state index in [1.807, 2.05) is 0 Å². The summed E-state index contributed by atoms with van der Waals surface area (Å²) in [5.41, 5.74) is 0.768. The largest absolute Gasteiger partial charge is 0.0625 e. The van der Waals surface area contributed by atoms with Gasteiger partial charge in [-0.2, -0.15) is 0 Å². The van der Waals surface area contributed by atoms with Crippen LogP contribution in [0, 0.1) is 23.2 Å². The third-order valence-corrected chi connectivity index (χ3v) is 5.42. The van der Waals surface area contributed by atoms with Crippen LogP contribution in [0.3, 0.4) is 0 Å². The molecule has 2 saturated carbocycles. The lowest BCUT2D eigenvalue weighted by Crippen LogP contribution is -2.39. The standard InChI is InChI=1S/C14H26/c1-11-6-9-14(10-7-11)8-4-5-12(2)13(14)3/h11-13H,4-10H2,1-3H3. The van der Waals surface area contributed by atoms with E-state index in [-0.39, 0.29) is 0 Å². The second kappa shape index (κ2) is 3.87. The lowest BCUT2D eigenvalue weighted by Gasteiger charge is -2.49. The maximum Gasteiger partial charge on any atom is -0.0269 e. The van der Waals surface area contributed by atoms with E-state index in [2.05, 4.69) is 20.8 Å². The molecule has 0 aliphatic heterocycles. The molecular weight excluding hydrogens is 168 g/mol. The lowest BCUT2D eigenvalue weighted by atomic mass is 9.56. The zero-order valence-corrected chi connectivity index (χ0v) is 10.2. The summed E-state index contributed by atoms with van der Waals surface area (Å²) >= 11 is 0. The minimum absolute atomic E-state index is 0.768. The maximum absolute atomic E-state index is 2.53. The minimum Gasteiger partial charge on any atom is -0.0625 e. The molecule has 2 atom stereocenters. The molecule has 2 aliphatic carbocycles. The summed E-state index contributed by atoms with van der Waals surface area (Å²) in [6.07, 6.45) is 10.6. The second-order valence-corrected chi connectivity index (χ2v) is 6.20. The first-order valence-electron chi connectivity index (χ1n) is 6.64. The van der Waals surface area contributed by atoms with Gasteiger partial charge in [0.2, 0.25) is 0 Å². The molecule has 0 amide bonds. The molecule has 82 valence electrons. The molecule has 0 bridgehead atoms. The number of hydrogen-bond acceptors (Lipinski definition) is 0. The highest BCUT2D eigenvalue weighted by Crippen LogP contribution is 2.53. The highest BCUT2D eigenvalue weighted by atomic mass is 14.5. The van der Waals surface area contributed by atoms with Crippen LogP contribution in [0.1, 0.15) is 65.7 Å². The van der Waals surface area contributed by atoms with Crippen molar-refractivity contribution in [2.24, 2.45) is 23.2 Å². The van der Waals surface area contributed by atoms with Crippen LogP contribution < -0.4 is 0 Å². The van der Waals surface area contributed by atoms with Crippen molar-refractivity contribution in [3.05, 3.63) is 0 Å². The molecule has 2 rings (SSSR count). The van der Waals surface area contributed by atoms with Gasteiger partial charge in [-0.05, 0) is 42.4 Å². The zero-order valence-electron chi connectivity index (χ0n) is 10.2. The van der Waals surface area contributed by atoms with E-state index in [0.717, 1.165) is 23.2 Å². The quantitative estimate of drug-likeness (QED) is 0.527. The zero-order chi connectivity index (χ0) is 10.2. The third-order valence-electron chi connectivity index (χ3n) is 5.42. The average Bonchev–Trinajstić information content (AvgIpc) is 2.19. The Morgan fingerprint density at radius 2 is 1.50 bits per heavy atom. The van der Waals surface area contributed by atoms with E-state index in [1.54, 1.807) is 0 Å². The molecule has 14 heavy (non-hydrogen) atoms. The first kappa shape index (κ1) is 10.5. The third kappa shape index (κ3) is 1.73. The molecule has 2 aliphatic rings. The van der Waals surface area contributed by atoms with Gasteiger partial charge in [-0.15, -0.1) is 0 Å². The molecule has 1 spiro atoms. The monoisotopic (exact) mass is 194 g/mol. The molecule has 0 heterocycles. The van der Waals surface area contributed by atoms with Crippen LogP contribution in [0.2, 0.25) is 0 Å². The number of hydrogen-bond donors (Lipinski definition) is 0. The summed E-state index contributed by atoms with van der Waals surface area (Å²) in [5.74, 6) is 2.98. The van der Waals surface area contributed by atoms with Gasteiger partial charge in [0.1, 0.15) is 0 Å². The van der Waals surface area contributed by atoms with Crippen molar-refractivity contribution in [2.75, 3.05) is 0 Å². The van der Waals surface area contributed by atoms with Gasteiger partial charge in [-0.1, -0.05) is 46.5 Å². The van der Waals surface area contributed by atoms with Gasteiger partial charge >= 0.3 is 0 Å². The lowest BCUT2D eigenvalue weighted by molar-refractivity contribution is 0.0117. The van der Waals surface area contributed by atoms with Gasteiger partial charge in [0.05, 0.1) is 0 Å². The van der Waals surface area contributed by atoms with Crippen molar-refractivity contribution in [1.29, 1.82) is 0 Å².